The van der Waals surface area contributed by atoms with Crippen molar-refractivity contribution in [2.75, 3.05) is 19.6 Å². The fraction of sp³-hybridized carbons (Fsp3) is 0.292. The van der Waals surface area contributed by atoms with Gasteiger partial charge in [0, 0.05) is 37.3 Å². The van der Waals surface area contributed by atoms with Crippen LogP contribution in [0.1, 0.15) is 17.3 Å². The third-order valence-electron chi connectivity index (χ3n) is 6.02. The molecule has 0 spiro atoms. The molecule has 8 nitrogen and oxygen atoms in total. The fourth-order valence-corrected chi connectivity index (χ4v) is 4.47. The number of nitrogens with one attached hydrogen (secondary N) is 1. The lowest BCUT2D eigenvalue weighted by atomic mass is 10.1. The molecular formula is C24H24N4O4. The smallest absolute Gasteiger partial charge is 0.265 e. The van der Waals surface area contributed by atoms with E-state index in [0.29, 0.717) is 41.7 Å². The lowest BCUT2D eigenvalue weighted by Gasteiger charge is -2.21. The van der Waals surface area contributed by atoms with Crippen LogP contribution in [0.25, 0.3) is 27.3 Å². The van der Waals surface area contributed by atoms with Gasteiger partial charge in [0.1, 0.15) is 0 Å². The highest BCUT2D eigenvalue weighted by Crippen LogP contribution is 2.23. The van der Waals surface area contributed by atoms with Crippen LogP contribution in [-0.4, -0.2) is 68.3 Å². The third-order valence-corrected chi connectivity index (χ3v) is 6.02. The van der Waals surface area contributed by atoms with Crippen molar-refractivity contribution in [3.63, 3.8) is 0 Å². The van der Waals surface area contributed by atoms with Crippen molar-refractivity contribution in [3.05, 3.63) is 70.6 Å². The molecule has 8 heteroatoms. The highest BCUT2D eigenvalue weighted by molar-refractivity contribution is 6.07. The molecule has 3 atom stereocenters. The Bertz CT molecular complexity index is 1390. The third kappa shape index (κ3) is 3.52. The van der Waals surface area contributed by atoms with E-state index in [2.05, 4.69) is 5.32 Å². The van der Waals surface area contributed by atoms with Gasteiger partial charge in [-0.05, 0) is 30.5 Å². The number of carbonyl (C=O) groups is 1. The number of carbonyl (C=O) groups excluding carboxylic acids is 1. The average molecular weight is 432 g/mol. The van der Waals surface area contributed by atoms with Crippen molar-refractivity contribution in [3.8, 4) is 0 Å². The first kappa shape index (κ1) is 20.6. The summed E-state index contributed by atoms with van der Waals surface area (Å²) in [5, 5.41) is 24.7. The largest absolute Gasteiger partial charge is 0.389 e. The fourth-order valence-electron chi connectivity index (χ4n) is 4.47. The Labute approximate surface area is 183 Å². The molecule has 0 aliphatic carbocycles. The number of nitrogens with zero attached hydrogens (tertiary/aromatic N) is 3. The minimum Gasteiger partial charge on any atom is -0.389 e. The van der Waals surface area contributed by atoms with Gasteiger partial charge in [0.15, 0.2) is 5.65 Å². The summed E-state index contributed by atoms with van der Waals surface area (Å²) in [5.41, 5.74) is 0.964. The molecule has 2 aromatic carbocycles. The van der Waals surface area contributed by atoms with Crippen molar-refractivity contribution in [2.45, 2.75) is 25.2 Å². The summed E-state index contributed by atoms with van der Waals surface area (Å²) in [4.78, 5) is 32.9. The maximum absolute atomic E-state index is 13.2. The molecule has 3 N–H and O–H groups in total. The van der Waals surface area contributed by atoms with Gasteiger partial charge in [-0.25, -0.2) is 4.98 Å². The second-order valence-electron chi connectivity index (χ2n) is 8.44. The maximum Gasteiger partial charge on any atom is 0.265 e. The number of pyridine rings is 1. The monoisotopic (exact) mass is 432 g/mol. The summed E-state index contributed by atoms with van der Waals surface area (Å²) in [5.74, 6) is -0.331. The SMILES string of the molecule is C[C@H](CN1C[C@H](O)[C@@H](O)C1)NC(=O)c1cccn2c(=O)c3ccc4ccccc4c3nc12. The first-order valence-electron chi connectivity index (χ1n) is 10.6. The molecule has 32 heavy (non-hydrogen) atoms. The zero-order valence-electron chi connectivity index (χ0n) is 17.6. The lowest BCUT2D eigenvalue weighted by molar-refractivity contribution is 0.0572. The Morgan fingerprint density at radius 3 is 2.62 bits per heavy atom. The van der Waals surface area contributed by atoms with Gasteiger partial charge in [0.25, 0.3) is 11.5 Å². The number of rotatable bonds is 4. The van der Waals surface area contributed by atoms with Gasteiger partial charge in [-0.2, -0.15) is 0 Å². The molecule has 3 heterocycles. The Balaban J connectivity index is 1.51. The molecule has 1 aliphatic heterocycles. The normalized spacial score (nSPS) is 20.2. The quantitative estimate of drug-likeness (QED) is 0.330. The maximum atomic E-state index is 13.2. The number of hydrogen-bond acceptors (Lipinski definition) is 6. The van der Waals surface area contributed by atoms with E-state index in [-0.39, 0.29) is 17.5 Å². The molecule has 1 fully saturated rings. The zero-order chi connectivity index (χ0) is 22.4. The van der Waals surface area contributed by atoms with Crippen LogP contribution in [0.3, 0.4) is 0 Å². The number of β-amino-alcohol motifs (C(OH)–C–C–N with tert-alkyl or cyclic N) is 2. The first-order valence-corrected chi connectivity index (χ1v) is 10.6. The highest BCUT2D eigenvalue weighted by atomic mass is 16.3. The molecule has 164 valence electrons. The number of fused-ring (bicyclic) bond motifs is 4. The summed E-state index contributed by atoms with van der Waals surface area (Å²) in [6, 6.07) is 14.5. The van der Waals surface area contributed by atoms with Gasteiger partial charge in [-0.3, -0.25) is 18.9 Å². The predicted molar refractivity (Wildman–Crippen MR) is 122 cm³/mol. The van der Waals surface area contributed by atoms with Crippen molar-refractivity contribution in [2.24, 2.45) is 0 Å². The number of likely N-dealkylation sites (tertiary alicyclic amines) is 1. The molecule has 0 bridgehead atoms. The number of aliphatic hydroxyl groups is 2. The number of aliphatic hydroxyl groups excluding tert-OH is 2. The molecule has 0 unspecified atom stereocenters. The van der Waals surface area contributed by atoms with Gasteiger partial charge in [0.05, 0.1) is 28.7 Å². The number of benzene rings is 2. The van der Waals surface area contributed by atoms with E-state index in [1.54, 1.807) is 24.4 Å². The molecule has 5 rings (SSSR count). The summed E-state index contributed by atoms with van der Waals surface area (Å²) in [6.45, 7) is 3.09. The van der Waals surface area contributed by atoms with E-state index in [1.165, 1.54) is 4.40 Å². The van der Waals surface area contributed by atoms with Crippen molar-refractivity contribution >= 4 is 33.2 Å². The van der Waals surface area contributed by atoms with Crippen LogP contribution in [0.2, 0.25) is 0 Å². The van der Waals surface area contributed by atoms with Crippen molar-refractivity contribution in [1.29, 1.82) is 0 Å². The lowest BCUT2D eigenvalue weighted by Crippen LogP contribution is -2.42. The summed E-state index contributed by atoms with van der Waals surface area (Å²) in [7, 11) is 0. The molecule has 0 saturated carbocycles. The number of amides is 1. The molecule has 1 aliphatic rings. The van der Waals surface area contributed by atoms with Crippen LogP contribution in [-0.2, 0) is 0 Å². The van der Waals surface area contributed by atoms with E-state index >= 15 is 0 Å². The Morgan fingerprint density at radius 2 is 1.84 bits per heavy atom. The minimum absolute atomic E-state index is 0.224. The zero-order valence-corrected chi connectivity index (χ0v) is 17.6. The average Bonchev–Trinajstić information content (AvgIpc) is 3.09. The van der Waals surface area contributed by atoms with Crippen molar-refractivity contribution in [1.82, 2.24) is 19.6 Å². The minimum atomic E-state index is -0.768. The second-order valence-corrected chi connectivity index (χ2v) is 8.44. The number of aromatic nitrogens is 2. The van der Waals surface area contributed by atoms with Crippen LogP contribution >= 0.6 is 0 Å². The molecule has 4 aromatic rings. The van der Waals surface area contributed by atoms with Crippen LogP contribution < -0.4 is 10.9 Å². The first-order chi connectivity index (χ1) is 15.4. The summed E-state index contributed by atoms with van der Waals surface area (Å²) in [6.07, 6.45) is 0.0808. The van der Waals surface area contributed by atoms with Crippen molar-refractivity contribution < 1.29 is 15.0 Å². The number of hydrogen-bond donors (Lipinski definition) is 3. The van der Waals surface area contributed by atoms with Crippen LogP contribution in [0.15, 0.2) is 59.5 Å². The van der Waals surface area contributed by atoms with Gasteiger partial charge >= 0.3 is 0 Å². The Morgan fingerprint density at radius 1 is 1.09 bits per heavy atom. The van der Waals surface area contributed by atoms with E-state index < -0.39 is 12.2 Å². The van der Waals surface area contributed by atoms with Gasteiger partial charge in [-0.1, -0.05) is 30.3 Å². The van der Waals surface area contributed by atoms with E-state index in [0.717, 1.165) is 10.8 Å². The predicted octanol–water partition coefficient (Wildman–Crippen LogP) is 1.16. The van der Waals surface area contributed by atoms with Crippen LogP contribution in [0.4, 0.5) is 0 Å². The molecular weight excluding hydrogens is 408 g/mol. The highest BCUT2D eigenvalue weighted by Gasteiger charge is 2.30. The molecule has 1 saturated heterocycles. The Hall–Kier alpha value is -3.33. The Kier molecular flexibility index (Phi) is 5.13. The van der Waals surface area contributed by atoms with Crippen LogP contribution in [0, 0.1) is 0 Å². The molecule has 2 aromatic heterocycles. The summed E-state index contributed by atoms with van der Waals surface area (Å²) < 4.78 is 1.41. The van der Waals surface area contributed by atoms with Gasteiger partial charge in [0.2, 0.25) is 0 Å². The van der Waals surface area contributed by atoms with Crippen LogP contribution in [0.5, 0.6) is 0 Å². The topological polar surface area (TPSA) is 107 Å². The van der Waals surface area contributed by atoms with Gasteiger partial charge < -0.3 is 15.5 Å². The van der Waals surface area contributed by atoms with E-state index in [9.17, 15) is 19.8 Å². The molecule has 0 radical (unpaired) electrons. The molecule has 1 amide bonds. The second kappa shape index (κ2) is 7.98. The van der Waals surface area contributed by atoms with Gasteiger partial charge in [-0.15, -0.1) is 0 Å². The van der Waals surface area contributed by atoms with E-state index in [4.69, 9.17) is 4.98 Å². The summed E-state index contributed by atoms with van der Waals surface area (Å²) >= 11 is 0. The standard InChI is InChI=1S/C24H24N4O4/c1-14(11-27-12-19(29)20(30)13-27)25-23(31)18-7-4-10-28-22(18)26-21-16-6-3-2-5-15(16)8-9-17(21)24(28)32/h2-10,14,19-20,29-30H,11-13H2,1H3,(H,25,31)/t14-,19+,20+/m1/s1. The van der Waals surface area contributed by atoms with E-state index in [1.807, 2.05) is 42.2 Å².